The summed E-state index contributed by atoms with van der Waals surface area (Å²) in [6.45, 7) is 4.02. The summed E-state index contributed by atoms with van der Waals surface area (Å²) in [5.41, 5.74) is 5.08. The number of hydrazone groups is 1. The Labute approximate surface area is 213 Å². The number of hydrogen-bond donors (Lipinski definition) is 2. The summed E-state index contributed by atoms with van der Waals surface area (Å²) in [6, 6.07) is 20.2. The van der Waals surface area contributed by atoms with E-state index in [1.165, 1.54) is 6.07 Å². The molecule has 2 amide bonds. The summed E-state index contributed by atoms with van der Waals surface area (Å²) in [6.07, 6.45) is 3.41. The molecule has 184 valence electrons. The lowest BCUT2D eigenvalue weighted by Gasteiger charge is -2.20. The van der Waals surface area contributed by atoms with Crippen molar-refractivity contribution in [2.75, 3.05) is 0 Å². The number of amides is 2. The number of carbonyl (C=O) groups excluding carboxylic acids is 2. The molecule has 0 saturated heterocycles. The zero-order valence-corrected chi connectivity index (χ0v) is 20.7. The molecule has 0 aliphatic carbocycles. The van der Waals surface area contributed by atoms with E-state index in [0.717, 1.165) is 16.5 Å². The number of nitrogens with zero attached hydrogens (tertiary/aromatic N) is 2. The van der Waals surface area contributed by atoms with Crippen molar-refractivity contribution in [2.45, 2.75) is 26.4 Å². The number of rotatable bonds is 8. The molecular formula is C28H26ClFN4O2. The largest absolute Gasteiger partial charge is 0.342 e. The van der Waals surface area contributed by atoms with E-state index >= 15 is 0 Å². The van der Waals surface area contributed by atoms with Crippen molar-refractivity contribution in [3.8, 4) is 0 Å². The molecular weight excluding hydrogens is 479 g/mol. The zero-order chi connectivity index (χ0) is 25.7. The summed E-state index contributed by atoms with van der Waals surface area (Å²) in [7, 11) is 0. The summed E-state index contributed by atoms with van der Waals surface area (Å²) < 4.78 is 16.2. The Balaban J connectivity index is 1.50. The Morgan fingerprint density at radius 1 is 1.03 bits per heavy atom. The number of fused-ring (bicyclic) bond motifs is 1. The number of aromatic nitrogens is 1. The van der Waals surface area contributed by atoms with Crippen LogP contribution in [0, 0.1) is 11.7 Å². The first kappa shape index (κ1) is 25.1. The highest BCUT2D eigenvalue weighted by atomic mass is 35.5. The Morgan fingerprint density at radius 2 is 1.72 bits per heavy atom. The molecule has 2 N–H and O–H groups in total. The first-order valence-electron chi connectivity index (χ1n) is 11.5. The molecule has 1 heterocycles. The van der Waals surface area contributed by atoms with Crippen LogP contribution in [0.4, 0.5) is 4.39 Å². The van der Waals surface area contributed by atoms with Gasteiger partial charge < -0.3 is 9.88 Å². The molecule has 6 nitrogen and oxygen atoms in total. The van der Waals surface area contributed by atoms with Crippen molar-refractivity contribution in [1.29, 1.82) is 0 Å². The highest BCUT2D eigenvalue weighted by Gasteiger charge is 2.25. The molecule has 0 aliphatic rings. The van der Waals surface area contributed by atoms with Gasteiger partial charge in [0.2, 0.25) is 0 Å². The molecule has 1 unspecified atom stereocenters. The van der Waals surface area contributed by atoms with Crippen molar-refractivity contribution in [1.82, 2.24) is 15.3 Å². The Morgan fingerprint density at radius 3 is 2.47 bits per heavy atom. The first-order chi connectivity index (χ1) is 17.3. The molecule has 36 heavy (non-hydrogen) atoms. The second kappa shape index (κ2) is 11.2. The summed E-state index contributed by atoms with van der Waals surface area (Å²) >= 11 is 6.11. The van der Waals surface area contributed by atoms with Crippen LogP contribution in [0.1, 0.15) is 35.3 Å². The minimum Gasteiger partial charge on any atom is -0.342 e. The minimum absolute atomic E-state index is 0.186. The van der Waals surface area contributed by atoms with Gasteiger partial charge in [-0.25, -0.2) is 9.82 Å². The third kappa shape index (κ3) is 5.63. The maximum atomic E-state index is 14.2. The van der Waals surface area contributed by atoms with Crippen LogP contribution in [0.25, 0.3) is 10.9 Å². The van der Waals surface area contributed by atoms with Gasteiger partial charge in [-0.15, -0.1) is 0 Å². The highest BCUT2D eigenvalue weighted by Crippen LogP contribution is 2.22. The van der Waals surface area contributed by atoms with E-state index in [0.29, 0.717) is 22.7 Å². The average molecular weight is 505 g/mol. The van der Waals surface area contributed by atoms with Gasteiger partial charge >= 0.3 is 0 Å². The topological polar surface area (TPSA) is 75.5 Å². The molecule has 0 saturated carbocycles. The van der Waals surface area contributed by atoms with Gasteiger partial charge in [-0.05, 0) is 30.2 Å². The van der Waals surface area contributed by atoms with E-state index in [1.54, 1.807) is 48.7 Å². The van der Waals surface area contributed by atoms with E-state index in [-0.39, 0.29) is 11.7 Å². The van der Waals surface area contributed by atoms with E-state index < -0.39 is 17.9 Å². The van der Waals surface area contributed by atoms with Crippen LogP contribution in [0.15, 0.2) is 84.1 Å². The second-order valence-corrected chi connectivity index (χ2v) is 9.14. The lowest BCUT2D eigenvalue weighted by Crippen LogP contribution is -2.48. The van der Waals surface area contributed by atoms with Crippen LogP contribution in [0.3, 0.4) is 0 Å². The zero-order valence-electron chi connectivity index (χ0n) is 19.9. The summed E-state index contributed by atoms with van der Waals surface area (Å²) in [5.74, 6) is -1.34. The normalized spacial score (nSPS) is 12.2. The molecule has 0 aliphatic heterocycles. The van der Waals surface area contributed by atoms with E-state index in [9.17, 15) is 14.0 Å². The van der Waals surface area contributed by atoms with Gasteiger partial charge in [-0.3, -0.25) is 9.59 Å². The van der Waals surface area contributed by atoms with Crippen LogP contribution in [-0.2, 0) is 11.3 Å². The standard InChI is InChI=1S/C28H26ClFN4O2/c1-18(2)26(32-27(35)22-11-4-6-12-23(22)29)28(36)33-31-15-20-17-34(25-14-8-5-10-21(20)25)16-19-9-3-7-13-24(19)30/h3-15,17-18,26H,16H2,1-2H3,(H,32,35)(H,33,36). The first-order valence-corrected chi connectivity index (χ1v) is 11.9. The van der Waals surface area contributed by atoms with Gasteiger partial charge in [0, 0.05) is 28.2 Å². The number of carbonyl (C=O) groups is 2. The molecule has 3 aromatic carbocycles. The SMILES string of the molecule is CC(C)C(NC(=O)c1ccccc1Cl)C(=O)NN=Cc1cn(Cc2ccccc2F)c2ccccc12. The van der Waals surface area contributed by atoms with Crippen LogP contribution < -0.4 is 10.7 Å². The third-order valence-corrected chi connectivity index (χ3v) is 6.18. The van der Waals surface area contributed by atoms with E-state index in [4.69, 9.17) is 11.6 Å². The van der Waals surface area contributed by atoms with Crippen LogP contribution in [0.5, 0.6) is 0 Å². The quantitative estimate of drug-likeness (QED) is 0.249. The monoisotopic (exact) mass is 504 g/mol. The second-order valence-electron chi connectivity index (χ2n) is 8.73. The van der Waals surface area contributed by atoms with E-state index in [2.05, 4.69) is 15.8 Å². The van der Waals surface area contributed by atoms with Gasteiger partial charge in [-0.1, -0.05) is 74.0 Å². The fourth-order valence-electron chi connectivity index (χ4n) is 3.95. The molecule has 0 fully saturated rings. The highest BCUT2D eigenvalue weighted by molar-refractivity contribution is 6.33. The van der Waals surface area contributed by atoms with Crippen molar-refractivity contribution < 1.29 is 14.0 Å². The molecule has 0 bridgehead atoms. The average Bonchev–Trinajstić information content (AvgIpc) is 3.21. The Kier molecular flexibility index (Phi) is 7.80. The van der Waals surface area contributed by atoms with Crippen LogP contribution in [-0.4, -0.2) is 28.6 Å². The van der Waals surface area contributed by atoms with Gasteiger partial charge in [0.15, 0.2) is 0 Å². The van der Waals surface area contributed by atoms with Gasteiger partial charge in [-0.2, -0.15) is 5.10 Å². The fraction of sp³-hybridized carbons (Fsp3) is 0.179. The Bertz CT molecular complexity index is 1430. The molecule has 1 atom stereocenters. The van der Waals surface area contributed by atoms with Crippen molar-refractivity contribution >= 4 is 40.5 Å². The fourth-order valence-corrected chi connectivity index (χ4v) is 4.17. The van der Waals surface area contributed by atoms with Crippen LogP contribution in [0.2, 0.25) is 5.02 Å². The summed E-state index contributed by atoms with van der Waals surface area (Å²) in [4.78, 5) is 25.5. The predicted molar refractivity (Wildman–Crippen MR) is 141 cm³/mol. The number of nitrogens with one attached hydrogen (secondary N) is 2. The number of hydrogen-bond acceptors (Lipinski definition) is 3. The molecule has 4 rings (SSSR count). The summed E-state index contributed by atoms with van der Waals surface area (Å²) in [5, 5.41) is 8.10. The van der Waals surface area contributed by atoms with Crippen molar-refractivity contribution in [3.05, 3.63) is 107 Å². The molecule has 0 radical (unpaired) electrons. The minimum atomic E-state index is -0.812. The number of benzene rings is 3. The van der Waals surface area contributed by atoms with Gasteiger partial charge in [0.05, 0.1) is 23.3 Å². The van der Waals surface area contributed by atoms with Gasteiger partial charge in [0.1, 0.15) is 11.9 Å². The predicted octanol–water partition coefficient (Wildman–Crippen LogP) is 5.39. The van der Waals surface area contributed by atoms with Crippen molar-refractivity contribution in [3.63, 3.8) is 0 Å². The molecule has 0 spiro atoms. The van der Waals surface area contributed by atoms with Gasteiger partial charge in [0.25, 0.3) is 11.8 Å². The van der Waals surface area contributed by atoms with E-state index in [1.807, 2.05) is 48.9 Å². The maximum Gasteiger partial charge on any atom is 0.262 e. The molecule has 1 aromatic heterocycles. The molecule has 4 aromatic rings. The Hall–Kier alpha value is -3.97. The lowest BCUT2D eigenvalue weighted by molar-refractivity contribution is -0.123. The van der Waals surface area contributed by atoms with Crippen LogP contribution >= 0.6 is 11.6 Å². The van der Waals surface area contributed by atoms with Crippen molar-refractivity contribution in [2.24, 2.45) is 11.0 Å². The number of para-hydroxylation sites is 1. The third-order valence-electron chi connectivity index (χ3n) is 5.85. The number of halogens is 2. The maximum absolute atomic E-state index is 14.2. The molecule has 8 heteroatoms. The lowest BCUT2D eigenvalue weighted by atomic mass is 10.0. The smallest absolute Gasteiger partial charge is 0.262 e.